The van der Waals surface area contributed by atoms with Crippen molar-refractivity contribution in [2.45, 2.75) is 26.8 Å². The maximum Gasteiger partial charge on any atom is 0.293 e. The van der Waals surface area contributed by atoms with E-state index in [2.05, 4.69) is 10.6 Å². The Bertz CT molecular complexity index is 906. The van der Waals surface area contributed by atoms with E-state index in [1.54, 1.807) is 26.8 Å². The van der Waals surface area contributed by atoms with Crippen LogP contribution in [0, 0.1) is 29.8 Å². The van der Waals surface area contributed by atoms with Crippen LogP contribution < -0.4 is 10.6 Å². The van der Waals surface area contributed by atoms with Crippen molar-refractivity contribution in [3.05, 3.63) is 66.9 Å². The van der Waals surface area contributed by atoms with Gasteiger partial charge >= 0.3 is 0 Å². The summed E-state index contributed by atoms with van der Waals surface area (Å²) in [7, 11) is 0. The maximum atomic E-state index is 13.6. The molecule has 2 rings (SSSR count). The van der Waals surface area contributed by atoms with Crippen LogP contribution in [-0.2, 0) is 4.79 Å². The largest absolute Gasteiger partial charge is 0.319 e. The van der Waals surface area contributed by atoms with Gasteiger partial charge in [-0.3, -0.25) is 14.9 Å². The summed E-state index contributed by atoms with van der Waals surface area (Å²) in [4.78, 5) is 22.9. The number of nitro benzene ring substituents is 1. The molecule has 0 aromatic heterocycles. The van der Waals surface area contributed by atoms with Crippen LogP contribution in [0.15, 0.2) is 24.3 Å². The SMILES string of the molecule is Cc1ccc([N+](=O)[O-])c(NC(=O)CN[C@@H](C)c2cc(F)c(Cl)cc2Cl)c1C. The van der Waals surface area contributed by atoms with E-state index in [9.17, 15) is 19.3 Å². The van der Waals surface area contributed by atoms with Crippen molar-refractivity contribution >= 4 is 40.5 Å². The molecule has 6 nitrogen and oxygen atoms in total. The zero-order valence-electron chi connectivity index (χ0n) is 14.9. The van der Waals surface area contributed by atoms with Crippen molar-refractivity contribution in [3.8, 4) is 0 Å². The molecule has 2 aromatic rings. The van der Waals surface area contributed by atoms with Gasteiger partial charge in [0, 0.05) is 17.1 Å². The zero-order valence-corrected chi connectivity index (χ0v) is 16.4. The number of hydrogen-bond acceptors (Lipinski definition) is 4. The molecule has 1 atom stereocenters. The first-order chi connectivity index (χ1) is 12.6. The number of nitrogens with one attached hydrogen (secondary N) is 2. The molecule has 0 saturated carbocycles. The zero-order chi connectivity index (χ0) is 20.3. The molecule has 0 aliphatic carbocycles. The highest BCUT2D eigenvalue weighted by Crippen LogP contribution is 2.30. The minimum atomic E-state index is -0.611. The third kappa shape index (κ3) is 4.94. The van der Waals surface area contributed by atoms with Gasteiger partial charge in [-0.1, -0.05) is 29.3 Å². The highest BCUT2D eigenvalue weighted by atomic mass is 35.5. The van der Waals surface area contributed by atoms with Crippen LogP contribution in [0.5, 0.6) is 0 Å². The molecule has 27 heavy (non-hydrogen) atoms. The average Bonchev–Trinajstić information content (AvgIpc) is 2.59. The van der Waals surface area contributed by atoms with Crippen molar-refractivity contribution in [3.63, 3.8) is 0 Å². The molecular weight excluding hydrogens is 396 g/mol. The van der Waals surface area contributed by atoms with E-state index in [0.717, 1.165) is 5.56 Å². The number of halogens is 3. The molecule has 1 amide bonds. The second kappa shape index (κ2) is 8.65. The summed E-state index contributed by atoms with van der Waals surface area (Å²) in [6.07, 6.45) is 0. The third-order valence-corrected chi connectivity index (χ3v) is 4.87. The van der Waals surface area contributed by atoms with Crippen LogP contribution in [0.1, 0.15) is 29.7 Å². The van der Waals surface area contributed by atoms with Crippen LogP contribution >= 0.6 is 23.2 Å². The van der Waals surface area contributed by atoms with Gasteiger partial charge < -0.3 is 10.6 Å². The average molecular weight is 414 g/mol. The fourth-order valence-electron chi connectivity index (χ4n) is 2.52. The van der Waals surface area contributed by atoms with Gasteiger partial charge in [0.15, 0.2) is 0 Å². The minimum absolute atomic E-state index is 0.0871. The molecule has 2 N–H and O–H groups in total. The van der Waals surface area contributed by atoms with E-state index in [1.807, 2.05) is 0 Å². The predicted molar refractivity (Wildman–Crippen MR) is 104 cm³/mol. The molecule has 0 saturated heterocycles. The second-order valence-electron chi connectivity index (χ2n) is 6.10. The Labute approximate surface area is 165 Å². The lowest BCUT2D eigenvalue weighted by molar-refractivity contribution is -0.384. The summed E-state index contributed by atoms with van der Waals surface area (Å²) >= 11 is 11.7. The van der Waals surface area contributed by atoms with Gasteiger partial charge in [-0.15, -0.1) is 0 Å². The fourth-order valence-corrected chi connectivity index (χ4v) is 3.07. The number of carbonyl (C=O) groups is 1. The van der Waals surface area contributed by atoms with E-state index in [1.165, 1.54) is 18.2 Å². The molecule has 0 heterocycles. The number of nitro groups is 1. The summed E-state index contributed by atoms with van der Waals surface area (Å²) in [5.41, 5.74) is 1.87. The van der Waals surface area contributed by atoms with Crippen LogP contribution in [0.2, 0.25) is 10.0 Å². The second-order valence-corrected chi connectivity index (χ2v) is 6.91. The van der Waals surface area contributed by atoms with Crippen LogP contribution in [0.25, 0.3) is 0 Å². The molecule has 9 heteroatoms. The van der Waals surface area contributed by atoms with Crippen LogP contribution in [-0.4, -0.2) is 17.4 Å². The fraction of sp³-hybridized carbons (Fsp3) is 0.278. The summed E-state index contributed by atoms with van der Waals surface area (Å²) < 4.78 is 13.6. The number of carbonyl (C=O) groups excluding carboxylic acids is 1. The Hall–Kier alpha value is -2.22. The third-order valence-electron chi connectivity index (χ3n) is 4.25. The number of hydrogen-bond donors (Lipinski definition) is 2. The highest BCUT2D eigenvalue weighted by molar-refractivity contribution is 6.35. The van der Waals surface area contributed by atoms with Crippen molar-refractivity contribution < 1.29 is 14.1 Å². The van der Waals surface area contributed by atoms with Crippen molar-refractivity contribution in [1.29, 1.82) is 0 Å². The van der Waals surface area contributed by atoms with Crippen LogP contribution in [0.4, 0.5) is 15.8 Å². The molecule has 144 valence electrons. The molecular formula is C18H18Cl2FN3O3. The Morgan fingerprint density at radius 2 is 1.93 bits per heavy atom. The quantitative estimate of drug-likeness (QED) is 0.398. The molecule has 0 aliphatic heterocycles. The molecule has 0 fully saturated rings. The number of nitrogens with zero attached hydrogens (tertiary/aromatic N) is 1. The Morgan fingerprint density at radius 3 is 2.56 bits per heavy atom. The number of aryl methyl sites for hydroxylation is 1. The lowest BCUT2D eigenvalue weighted by Gasteiger charge is -2.17. The highest BCUT2D eigenvalue weighted by Gasteiger charge is 2.20. The number of rotatable bonds is 6. The maximum absolute atomic E-state index is 13.6. The lowest BCUT2D eigenvalue weighted by Crippen LogP contribution is -2.30. The first-order valence-electron chi connectivity index (χ1n) is 8.04. The number of amides is 1. The van der Waals surface area contributed by atoms with Crippen molar-refractivity contribution in [1.82, 2.24) is 5.32 Å². The molecule has 0 spiro atoms. The van der Waals surface area contributed by atoms with Gasteiger partial charge in [0.25, 0.3) is 5.69 Å². The summed E-state index contributed by atoms with van der Waals surface area (Å²) in [5, 5.41) is 16.9. The van der Waals surface area contributed by atoms with Gasteiger partial charge in [-0.25, -0.2) is 4.39 Å². The Kier molecular flexibility index (Phi) is 6.75. The van der Waals surface area contributed by atoms with Gasteiger partial charge in [-0.2, -0.15) is 0 Å². The van der Waals surface area contributed by atoms with Gasteiger partial charge in [0.1, 0.15) is 11.5 Å². The van der Waals surface area contributed by atoms with Crippen molar-refractivity contribution in [2.24, 2.45) is 0 Å². The topological polar surface area (TPSA) is 84.3 Å². The van der Waals surface area contributed by atoms with E-state index in [-0.39, 0.29) is 28.0 Å². The Balaban J connectivity index is 2.10. The smallest absolute Gasteiger partial charge is 0.293 e. The van der Waals surface area contributed by atoms with E-state index in [0.29, 0.717) is 11.1 Å². The first-order valence-corrected chi connectivity index (χ1v) is 8.79. The van der Waals surface area contributed by atoms with Gasteiger partial charge in [-0.05, 0) is 49.6 Å². The first kappa shape index (κ1) is 21.1. The lowest BCUT2D eigenvalue weighted by atomic mass is 10.1. The summed E-state index contributed by atoms with van der Waals surface area (Å²) in [6.45, 7) is 5.06. The van der Waals surface area contributed by atoms with Gasteiger partial charge in [0.2, 0.25) is 5.91 Å². The minimum Gasteiger partial charge on any atom is -0.319 e. The van der Waals surface area contributed by atoms with E-state index < -0.39 is 22.7 Å². The Morgan fingerprint density at radius 1 is 1.26 bits per heavy atom. The molecule has 0 bridgehead atoms. The van der Waals surface area contributed by atoms with E-state index in [4.69, 9.17) is 23.2 Å². The number of anilines is 1. The number of benzene rings is 2. The predicted octanol–water partition coefficient (Wildman–Crippen LogP) is 4.95. The van der Waals surface area contributed by atoms with Crippen molar-refractivity contribution in [2.75, 3.05) is 11.9 Å². The molecule has 0 radical (unpaired) electrons. The molecule has 0 aliphatic rings. The normalized spacial score (nSPS) is 11.9. The summed E-state index contributed by atoms with van der Waals surface area (Å²) in [5.74, 6) is -1.08. The van der Waals surface area contributed by atoms with E-state index >= 15 is 0 Å². The summed E-state index contributed by atoms with van der Waals surface area (Å²) in [6, 6.07) is 5.04. The monoisotopic (exact) mass is 413 g/mol. The van der Waals surface area contributed by atoms with Gasteiger partial charge in [0.05, 0.1) is 16.5 Å². The molecule has 2 aromatic carbocycles. The standard InChI is InChI=1S/C18H18Cl2FN3O3/c1-9-4-5-16(24(26)27)18(10(9)2)23-17(25)8-22-11(3)12-6-15(21)14(20)7-13(12)19/h4-7,11,22H,8H2,1-3H3,(H,23,25)/t11-/m0/s1. The van der Waals surface area contributed by atoms with Crippen LogP contribution in [0.3, 0.4) is 0 Å². The molecule has 0 unspecified atom stereocenters.